The molecule has 5 nitrogen and oxygen atoms in total. The molecule has 0 bridgehead atoms. The van der Waals surface area contributed by atoms with Gasteiger partial charge >= 0.3 is 0 Å². The van der Waals surface area contributed by atoms with Gasteiger partial charge in [-0.15, -0.1) is 0 Å². The van der Waals surface area contributed by atoms with Crippen molar-refractivity contribution in [2.45, 2.75) is 38.8 Å². The number of amides is 2. The molecular weight excluding hydrogens is 528 g/mol. The third-order valence-electron chi connectivity index (χ3n) is 5.58. The Bertz CT molecular complexity index is 1090. The van der Waals surface area contributed by atoms with E-state index in [1.54, 1.807) is 23.1 Å². The first-order chi connectivity index (χ1) is 17.0. The fourth-order valence-electron chi connectivity index (χ4n) is 3.63. The number of carbonyl (C=O) groups is 2. The molecule has 0 fully saturated rings. The molecule has 7 heteroatoms. The van der Waals surface area contributed by atoms with Crippen LogP contribution in [-0.2, 0) is 22.6 Å². The average molecular weight is 558 g/mol. The lowest BCUT2D eigenvalue weighted by molar-refractivity contribution is -0.142. The van der Waals surface area contributed by atoms with Crippen molar-refractivity contribution >= 4 is 39.3 Å². The quantitative estimate of drug-likeness (QED) is 0.276. The lowest BCUT2D eigenvalue weighted by Crippen LogP contribution is -2.51. The van der Waals surface area contributed by atoms with Crippen molar-refractivity contribution in [2.24, 2.45) is 0 Å². The lowest BCUT2D eigenvalue weighted by Gasteiger charge is -2.31. The van der Waals surface area contributed by atoms with Crippen LogP contribution in [0, 0.1) is 0 Å². The Hall–Kier alpha value is -2.83. The van der Waals surface area contributed by atoms with Gasteiger partial charge in [-0.1, -0.05) is 89.4 Å². The molecule has 2 amide bonds. The number of hydrogen-bond donors (Lipinski definition) is 1. The SMILES string of the molecule is CCCCNC(=O)[C@@H](Cc1ccccc1)N(Cc1ccccc1Cl)C(=O)COc1ccc(Br)cc1. The van der Waals surface area contributed by atoms with Crippen LogP contribution in [0.15, 0.2) is 83.3 Å². The predicted octanol–water partition coefficient (Wildman–Crippen LogP) is 6.04. The molecule has 184 valence electrons. The zero-order valence-electron chi connectivity index (χ0n) is 19.8. The van der Waals surface area contributed by atoms with Crippen LogP contribution >= 0.6 is 27.5 Å². The van der Waals surface area contributed by atoms with Crippen molar-refractivity contribution in [2.75, 3.05) is 13.2 Å². The van der Waals surface area contributed by atoms with Gasteiger partial charge in [0.2, 0.25) is 5.91 Å². The highest BCUT2D eigenvalue weighted by Crippen LogP contribution is 2.21. The minimum absolute atomic E-state index is 0.189. The number of hydrogen-bond acceptors (Lipinski definition) is 3. The van der Waals surface area contributed by atoms with Gasteiger partial charge in [0.05, 0.1) is 0 Å². The monoisotopic (exact) mass is 556 g/mol. The summed E-state index contributed by atoms with van der Waals surface area (Å²) in [4.78, 5) is 28.5. The third-order valence-corrected chi connectivity index (χ3v) is 6.47. The Labute approximate surface area is 220 Å². The largest absolute Gasteiger partial charge is 0.484 e. The molecular formula is C28H30BrClN2O3. The second-order valence-corrected chi connectivity index (χ2v) is 9.53. The maximum absolute atomic E-state index is 13.5. The summed E-state index contributed by atoms with van der Waals surface area (Å²) < 4.78 is 6.69. The number of carbonyl (C=O) groups excluding carboxylic acids is 2. The zero-order chi connectivity index (χ0) is 25.0. The van der Waals surface area contributed by atoms with E-state index in [1.807, 2.05) is 60.7 Å². The first-order valence-corrected chi connectivity index (χ1v) is 12.9. The summed E-state index contributed by atoms with van der Waals surface area (Å²) in [5, 5.41) is 3.55. The number of halogens is 2. The van der Waals surface area contributed by atoms with E-state index in [1.165, 1.54) is 0 Å². The fraction of sp³-hybridized carbons (Fsp3) is 0.286. The molecule has 0 spiro atoms. The Morgan fingerprint density at radius 3 is 2.37 bits per heavy atom. The summed E-state index contributed by atoms with van der Waals surface area (Å²) in [6, 6.07) is 23.6. The second-order valence-electron chi connectivity index (χ2n) is 8.21. The highest BCUT2D eigenvalue weighted by molar-refractivity contribution is 9.10. The third kappa shape index (κ3) is 8.41. The topological polar surface area (TPSA) is 58.6 Å². The van der Waals surface area contributed by atoms with Crippen LogP contribution in [0.4, 0.5) is 0 Å². The van der Waals surface area contributed by atoms with Crippen LogP contribution in [0.2, 0.25) is 5.02 Å². The van der Waals surface area contributed by atoms with Gasteiger partial charge in [-0.25, -0.2) is 0 Å². The highest BCUT2D eigenvalue weighted by atomic mass is 79.9. The minimum atomic E-state index is -0.716. The predicted molar refractivity (Wildman–Crippen MR) is 143 cm³/mol. The summed E-state index contributed by atoms with van der Waals surface area (Å²) in [5.74, 6) is 0.0945. The number of nitrogens with zero attached hydrogens (tertiary/aromatic N) is 1. The number of rotatable bonds is 12. The molecule has 3 rings (SSSR count). The highest BCUT2D eigenvalue weighted by Gasteiger charge is 2.31. The summed E-state index contributed by atoms with van der Waals surface area (Å²) in [6.45, 7) is 2.63. The maximum Gasteiger partial charge on any atom is 0.261 e. The first-order valence-electron chi connectivity index (χ1n) is 11.7. The molecule has 0 aromatic heterocycles. The standard InChI is InChI=1S/C28H30BrClN2O3/c1-2-3-17-31-28(34)26(18-21-9-5-4-6-10-21)32(19-22-11-7-8-12-25(22)30)27(33)20-35-24-15-13-23(29)14-16-24/h4-16,26H,2-3,17-20H2,1H3,(H,31,34)/t26-/m1/s1. The Balaban J connectivity index is 1.88. The Kier molecular flexibility index (Phi) is 10.6. The van der Waals surface area contributed by atoms with Crippen LogP contribution in [-0.4, -0.2) is 35.9 Å². The summed E-state index contributed by atoms with van der Waals surface area (Å²) in [5.41, 5.74) is 1.74. The molecule has 1 N–H and O–H groups in total. The molecule has 0 radical (unpaired) electrons. The van der Waals surface area contributed by atoms with Gasteiger partial charge < -0.3 is 15.0 Å². The molecule has 0 unspecified atom stereocenters. The molecule has 3 aromatic carbocycles. The normalized spacial score (nSPS) is 11.5. The van der Waals surface area contributed by atoms with Crippen LogP contribution in [0.25, 0.3) is 0 Å². The molecule has 0 aliphatic rings. The number of benzene rings is 3. The summed E-state index contributed by atoms with van der Waals surface area (Å²) in [6.07, 6.45) is 2.22. The zero-order valence-corrected chi connectivity index (χ0v) is 22.1. The van der Waals surface area contributed by atoms with E-state index in [0.29, 0.717) is 23.7 Å². The van der Waals surface area contributed by atoms with Gasteiger partial charge in [0.1, 0.15) is 11.8 Å². The van der Waals surface area contributed by atoms with Crippen molar-refractivity contribution < 1.29 is 14.3 Å². The number of ether oxygens (including phenoxy) is 1. The van der Waals surface area contributed by atoms with E-state index in [0.717, 1.165) is 28.4 Å². The van der Waals surface area contributed by atoms with Gasteiger partial charge in [-0.2, -0.15) is 0 Å². The van der Waals surface area contributed by atoms with Crippen molar-refractivity contribution in [3.05, 3.63) is 99.5 Å². The van der Waals surface area contributed by atoms with Gasteiger partial charge in [-0.3, -0.25) is 9.59 Å². The van der Waals surface area contributed by atoms with Gasteiger partial charge in [-0.05, 0) is 47.9 Å². The molecule has 0 saturated heterocycles. The van der Waals surface area contributed by atoms with Crippen LogP contribution < -0.4 is 10.1 Å². The Morgan fingerprint density at radius 2 is 1.69 bits per heavy atom. The second kappa shape index (κ2) is 13.9. The average Bonchev–Trinajstić information content (AvgIpc) is 2.87. The summed E-state index contributed by atoms with van der Waals surface area (Å²) >= 11 is 9.83. The number of nitrogens with one attached hydrogen (secondary N) is 1. The van der Waals surface area contributed by atoms with E-state index in [9.17, 15) is 9.59 Å². The van der Waals surface area contributed by atoms with Gasteiger partial charge in [0, 0.05) is 29.0 Å². The van der Waals surface area contributed by atoms with E-state index >= 15 is 0 Å². The molecule has 3 aromatic rings. The van der Waals surface area contributed by atoms with E-state index in [4.69, 9.17) is 16.3 Å². The van der Waals surface area contributed by atoms with Crippen molar-refractivity contribution in [1.82, 2.24) is 10.2 Å². The first kappa shape index (κ1) is 26.8. The van der Waals surface area contributed by atoms with Crippen LogP contribution in [0.3, 0.4) is 0 Å². The van der Waals surface area contributed by atoms with E-state index < -0.39 is 6.04 Å². The molecule has 0 heterocycles. The number of unbranched alkanes of at least 4 members (excludes halogenated alkanes) is 1. The molecule has 1 atom stereocenters. The van der Waals surface area contributed by atoms with Gasteiger partial charge in [0.15, 0.2) is 6.61 Å². The maximum atomic E-state index is 13.5. The van der Waals surface area contributed by atoms with E-state index in [2.05, 4.69) is 28.2 Å². The lowest BCUT2D eigenvalue weighted by atomic mass is 10.0. The van der Waals surface area contributed by atoms with Crippen LogP contribution in [0.1, 0.15) is 30.9 Å². The van der Waals surface area contributed by atoms with Crippen molar-refractivity contribution in [1.29, 1.82) is 0 Å². The summed E-state index contributed by atoms with van der Waals surface area (Å²) in [7, 11) is 0. The smallest absolute Gasteiger partial charge is 0.261 e. The molecule has 0 aliphatic carbocycles. The Morgan fingerprint density at radius 1 is 1.00 bits per heavy atom. The molecule has 0 aliphatic heterocycles. The van der Waals surface area contributed by atoms with Gasteiger partial charge in [0.25, 0.3) is 5.91 Å². The fourth-order valence-corrected chi connectivity index (χ4v) is 4.09. The molecule has 35 heavy (non-hydrogen) atoms. The van der Waals surface area contributed by atoms with Crippen LogP contribution in [0.5, 0.6) is 5.75 Å². The van der Waals surface area contributed by atoms with E-state index in [-0.39, 0.29) is 25.0 Å². The van der Waals surface area contributed by atoms with Crippen molar-refractivity contribution in [3.8, 4) is 5.75 Å². The van der Waals surface area contributed by atoms with Crippen molar-refractivity contribution in [3.63, 3.8) is 0 Å². The minimum Gasteiger partial charge on any atom is -0.484 e. The molecule has 0 saturated carbocycles.